The second-order valence-corrected chi connectivity index (χ2v) is 5.35. The summed E-state index contributed by atoms with van der Waals surface area (Å²) in [5.74, 6) is 0.0604. The van der Waals surface area contributed by atoms with Gasteiger partial charge in [0.2, 0.25) is 0 Å². The van der Waals surface area contributed by atoms with Crippen LogP contribution in [-0.4, -0.2) is 30.3 Å². The molecule has 0 fully saturated rings. The molecule has 0 saturated carbocycles. The van der Waals surface area contributed by atoms with E-state index in [1.54, 1.807) is 6.92 Å². The number of amides is 1. The molecule has 5 N–H and O–H groups in total. The maximum atomic E-state index is 12.4. The second-order valence-electron chi connectivity index (χ2n) is 4.91. The number of nitrogens with zero attached hydrogens (tertiary/aromatic N) is 3. The number of aliphatic imine (C=N–C) groups is 2. The summed E-state index contributed by atoms with van der Waals surface area (Å²) in [7, 11) is 0. The van der Waals surface area contributed by atoms with Gasteiger partial charge in [-0.2, -0.15) is 5.26 Å². The van der Waals surface area contributed by atoms with Gasteiger partial charge < -0.3 is 16.4 Å². The fraction of sp³-hybridized carbons (Fsp3) is 0.118. The minimum Gasteiger partial charge on any atom is -0.405 e. The summed E-state index contributed by atoms with van der Waals surface area (Å²) in [6.45, 7) is 5.36. The Morgan fingerprint density at radius 2 is 2.23 bits per heavy atom. The van der Waals surface area contributed by atoms with Crippen LogP contribution in [0.2, 0.25) is 5.02 Å². The Kier molecular flexibility index (Phi) is 8.27. The number of hydrogen-bond donors (Lipinski definition) is 4. The van der Waals surface area contributed by atoms with E-state index < -0.39 is 11.9 Å². The lowest BCUT2D eigenvalue weighted by molar-refractivity contribution is 0.0948. The van der Waals surface area contributed by atoms with Gasteiger partial charge in [-0.1, -0.05) is 18.2 Å². The van der Waals surface area contributed by atoms with Gasteiger partial charge in [-0.3, -0.25) is 10.2 Å². The molecule has 0 aliphatic carbocycles. The Labute approximate surface area is 156 Å². The number of hydrogen-bond acceptors (Lipinski definition) is 5. The van der Waals surface area contributed by atoms with Crippen LogP contribution in [0.4, 0.5) is 0 Å². The zero-order chi connectivity index (χ0) is 19.5. The maximum Gasteiger partial charge on any atom is 0.251 e. The highest BCUT2D eigenvalue weighted by Gasteiger charge is 2.16. The van der Waals surface area contributed by atoms with E-state index in [0.717, 1.165) is 6.34 Å². The van der Waals surface area contributed by atoms with Gasteiger partial charge >= 0.3 is 0 Å². The molecular weight excluding hydrogens is 354 g/mol. The third kappa shape index (κ3) is 6.59. The number of rotatable bonds is 7. The molecule has 0 bridgehead atoms. The zero-order valence-corrected chi connectivity index (χ0v) is 14.8. The summed E-state index contributed by atoms with van der Waals surface area (Å²) in [4.78, 5) is 20.2. The van der Waals surface area contributed by atoms with E-state index in [4.69, 9.17) is 28.0 Å². The quantitative estimate of drug-likeness (QED) is 0.429. The zero-order valence-electron chi connectivity index (χ0n) is 14.0. The van der Waals surface area contributed by atoms with Crippen LogP contribution in [0.1, 0.15) is 22.8 Å². The fourth-order valence-corrected chi connectivity index (χ4v) is 2.05. The van der Waals surface area contributed by atoms with E-state index in [1.807, 2.05) is 6.07 Å². The van der Waals surface area contributed by atoms with Crippen LogP contribution in [-0.2, 0) is 0 Å². The monoisotopic (exact) mass is 371 g/mol. The minimum atomic E-state index is -0.592. The van der Waals surface area contributed by atoms with Crippen molar-refractivity contribution in [3.8, 4) is 6.07 Å². The normalized spacial score (nSPS) is 12.6. The molecule has 1 amide bonds. The van der Waals surface area contributed by atoms with E-state index in [9.17, 15) is 4.79 Å². The van der Waals surface area contributed by atoms with Crippen molar-refractivity contribution in [2.75, 3.05) is 0 Å². The summed E-state index contributed by atoms with van der Waals surface area (Å²) in [6.07, 6.45) is 5.08. The molecule has 0 aromatic heterocycles. The van der Waals surface area contributed by atoms with Gasteiger partial charge in [-0.15, -0.1) is 0 Å². The highest BCUT2D eigenvalue weighted by molar-refractivity contribution is 6.31. The number of carbonyl (C=O) groups is 1. The van der Waals surface area contributed by atoms with Gasteiger partial charge in [-0.05, 0) is 37.4 Å². The van der Waals surface area contributed by atoms with Gasteiger partial charge in [0.15, 0.2) is 0 Å². The number of halogens is 1. The molecule has 1 atom stereocenters. The molecular formula is C17H18ClN7O. The first-order valence-electron chi connectivity index (χ1n) is 7.36. The third-order valence-corrected chi connectivity index (χ3v) is 3.17. The number of benzene rings is 1. The Balaban J connectivity index is 2.89. The van der Waals surface area contributed by atoms with Crippen molar-refractivity contribution in [3.63, 3.8) is 0 Å². The molecule has 1 rings (SSSR count). The molecule has 26 heavy (non-hydrogen) atoms. The molecule has 1 aromatic rings. The van der Waals surface area contributed by atoms with Crippen molar-refractivity contribution in [1.82, 2.24) is 10.6 Å². The molecule has 0 saturated heterocycles. The predicted molar refractivity (Wildman–Crippen MR) is 103 cm³/mol. The lowest BCUT2D eigenvalue weighted by Crippen LogP contribution is -2.44. The van der Waals surface area contributed by atoms with Crippen LogP contribution in [0.25, 0.3) is 0 Å². The van der Waals surface area contributed by atoms with Crippen molar-refractivity contribution in [2.24, 2.45) is 15.7 Å². The number of nitrogens with two attached hydrogens (primary N) is 1. The fourth-order valence-electron chi connectivity index (χ4n) is 1.82. The van der Waals surface area contributed by atoms with Gasteiger partial charge in [0.05, 0.1) is 17.7 Å². The summed E-state index contributed by atoms with van der Waals surface area (Å²) in [5, 5.41) is 21.9. The number of carbonyl (C=O) groups excluding carboxylic acids is 1. The average molecular weight is 372 g/mol. The van der Waals surface area contributed by atoms with Gasteiger partial charge in [0, 0.05) is 16.8 Å². The lowest BCUT2D eigenvalue weighted by atomic mass is 10.1. The van der Waals surface area contributed by atoms with Crippen LogP contribution in [0, 0.1) is 16.7 Å². The molecule has 0 heterocycles. The summed E-state index contributed by atoms with van der Waals surface area (Å²) in [5.41, 5.74) is 5.71. The predicted octanol–water partition coefficient (Wildman–Crippen LogP) is 1.94. The van der Waals surface area contributed by atoms with Gasteiger partial charge in [-0.25, -0.2) is 9.98 Å². The van der Waals surface area contributed by atoms with E-state index in [-0.39, 0.29) is 27.8 Å². The van der Waals surface area contributed by atoms with Gasteiger partial charge in [0.1, 0.15) is 18.0 Å². The third-order valence-electron chi connectivity index (χ3n) is 2.95. The summed E-state index contributed by atoms with van der Waals surface area (Å²) >= 11 is 5.91. The van der Waals surface area contributed by atoms with E-state index in [0.29, 0.717) is 0 Å². The van der Waals surface area contributed by atoms with Crippen molar-refractivity contribution in [2.45, 2.75) is 13.0 Å². The Hall–Kier alpha value is -3.44. The molecule has 8 nitrogen and oxygen atoms in total. The molecule has 0 radical (unpaired) electrons. The number of nitriles is 1. The number of amidine groups is 1. The van der Waals surface area contributed by atoms with Gasteiger partial charge in [0.25, 0.3) is 5.91 Å². The minimum absolute atomic E-state index is 0.236. The standard InChI is InChI=1S/C17H18ClN7O/c1-11(16(23-10-21)25-12(2)22-5-3-4-19)24-17(26)14-6-13(9-20)7-15(18)8-14/h3-8,10-11H,2,19H2,1H3,(H,24,26)(H2,21,23,25)/b4-3-,22-5-. The van der Waals surface area contributed by atoms with Crippen LogP contribution in [0.15, 0.2) is 52.9 Å². The smallest absolute Gasteiger partial charge is 0.251 e. The van der Waals surface area contributed by atoms with E-state index in [1.165, 1.54) is 36.7 Å². The molecule has 1 unspecified atom stereocenters. The molecule has 0 spiro atoms. The SMILES string of the molecule is C=C(/N=C\C=C/N)N/C(=N\C=N)C(C)NC(=O)c1cc(Cl)cc(C#N)c1. The molecule has 0 aliphatic rings. The summed E-state index contributed by atoms with van der Waals surface area (Å²) < 4.78 is 0. The lowest BCUT2D eigenvalue weighted by Gasteiger charge is -2.17. The first-order chi connectivity index (χ1) is 12.4. The topological polar surface area (TPSA) is 140 Å². The van der Waals surface area contributed by atoms with E-state index in [2.05, 4.69) is 27.2 Å². The van der Waals surface area contributed by atoms with Crippen molar-refractivity contribution >= 4 is 35.9 Å². The van der Waals surface area contributed by atoms with Crippen LogP contribution in [0.3, 0.4) is 0 Å². The maximum absolute atomic E-state index is 12.4. The molecule has 9 heteroatoms. The second kappa shape index (κ2) is 10.4. The van der Waals surface area contributed by atoms with Crippen molar-refractivity contribution in [1.29, 1.82) is 10.7 Å². The molecule has 1 aromatic carbocycles. The summed E-state index contributed by atoms with van der Waals surface area (Å²) in [6, 6.07) is 5.69. The Bertz CT molecular complexity index is 821. The van der Waals surface area contributed by atoms with Crippen LogP contribution < -0.4 is 16.4 Å². The highest BCUT2D eigenvalue weighted by Crippen LogP contribution is 2.14. The number of allylic oxidation sites excluding steroid dienone is 1. The van der Waals surface area contributed by atoms with Crippen molar-refractivity contribution in [3.05, 3.63) is 59.0 Å². The largest absolute Gasteiger partial charge is 0.405 e. The highest BCUT2D eigenvalue weighted by atomic mass is 35.5. The first-order valence-corrected chi connectivity index (χ1v) is 7.74. The van der Waals surface area contributed by atoms with Crippen LogP contribution in [0.5, 0.6) is 0 Å². The first kappa shape index (κ1) is 20.6. The number of nitrogens with one attached hydrogen (secondary N) is 3. The Morgan fingerprint density at radius 3 is 2.85 bits per heavy atom. The molecule has 0 aliphatic heterocycles. The van der Waals surface area contributed by atoms with Crippen LogP contribution >= 0.6 is 11.6 Å². The average Bonchev–Trinajstić information content (AvgIpc) is 2.60. The van der Waals surface area contributed by atoms with Crippen molar-refractivity contribution < 1.29 is 4.79 Å². The Morgan fingerprint density at radius 1 is 1.50 bits per heavy atom. The van der Waals surface area contributed by atoms with E-state index >= 15 is 0 Å². The molecule has 134 valence electrons.